The van der Waals surface area contributed by atoms with Crippen LogP contribution in [-0.2, 0) is 24.1 Å². The molecule has 0 bridgehead atoms. The molecule has 1 aliphatic heterocycles. The number of rotatable bonds is 8. The molecule has 4 rings (SSSR count). The molecule has 0 saturated heterocycles. The summed E-state index contributed by atoms with van der Waals surface area (Å²) in [6, 6.07) is 13.5. The van der Waals surface area contributed by atoms with E-state index in [0.717, 1.165) is 28.9 Å². The lowest BCUT2D eigenvalue weighted by Gasteiger charge is -2.10. The molecule has 0 aliphatic carbocycles. The first-order valence-corrected chi connectivity index (χ1v) is 10.3. The fraction of sp³-hybridized carbons (Fsp3) is 0.333. The van der Waals surface area contributed by atoms with E-state index >= 15 is 0 Å². The van der Waals surface area contributed by atoms with Gasteiger partial charge < -0.3 is 24.1 Å². The minimum absolute atomic E-state index is 0.100. The fourth-order valence-electron chi connectivity index (χ4n) is 3.72. The van der Waals surface area contributed by atoms with Crippen molar-refractivity contribution in [2.45, 2.75) is 32.3 Å². The van der Waals surface area contributed by atoms with Gasteiger partial charge in [-0.05, 0) is 54.8 Å². The third kappa shape index (κ3) is 4.82. The molecular formula is C24H26N2O5. The van der Waals surface area contributed by atoms with Crippen LogP contribution >= 0.6 is 0 Å². The van der Waals surface area contributed by atoms with Crippen LogP contribution in [0.5, 0.6) is 17.2 Å². The summed E-state index contributed by atoms with van der Waals surface area (Å²) in [5, 5.41) is 6.98. The fourth-order valence-corrected chi connectivity index (χ4v) is 3.72. The van der Waals surface area contributed by atoms with Gasteiger partial charge in [0.05, 0.1) is 26.3 Å². The highest BCUT2D eigenvalue weighted by molar-refractivity contribution is 5.78. The van der Waals surface area contributed by atoms with E-state index in [9.17, 15) is 4.79 Å². The molecule has 0 fully saturated rings. The van der Waals surface area contributed by atoms with Crippen molar-refractivity contribution in [3.8, 4) is 28.6 Å². The second-order valence-corrected chi connectivity index (χ2v) is 7.60. The van der Waals surface area contributed by atoms with Crippen LogP contribution in [0.3, 0.4) is 0 Å². The van der Waals surface area contributed by atoms with E-state index in [1.165, 1.54) is 0 Å². The molecule has 0 radical (unpaired) electrons. The maximum absolute atomic E-state index is 12.3. The minimum Gasteiger partial charge on any atom is -0.493 e. The van der Waals surface area contributed by atoms with Crippen LogP contribution in [0.15, 0.2) is 47.0 Å². The Labute approximate surface area is 181 Å². The smallest absolute Gasteiger partial charge is 0.226 e. The molecule has 1 aliphatic rings. The highest BCUT2D eigenvalue weighted by Gasteiger charge is 2.20. The van der Waals surface area contributed by atoms with E-state index in [1.54, 1.807) is 14.2 Å². The maximum atomic E-state index is 12.3. The number of amides is 1. The predicted octanol–water partition coefficient (Wildman–Crippen LogP) is 3.58. The maximum Gasteiger partial charge on any atom is 0.226 e. The number of methoxy groups -OCH3 is 2. The molecule has 3 aromatic rings. The third-order valence-corrected chi connectivity index (χ3v) is 5.26. The summed E-state index contributed by atoms with van der Waals surface area (Å²) in [5.74, 6) is 2.83. The molecule has 2 heterocycles. The lowest BCUT2D eigenvalue weighted by atomic mass is 10.1. The number of nitrogens with one attached hydrogen (secondary N) is 1. The third-order valence-electron chi connectivity index (χ3n) is 5.26. The van der Waals surface area contributed by atoms with Crippen molar-refractivity contribution in [2.75, 3.05) is 20.8 Å². The number of aromatic nitrogens is 1. The van der Waals surface area contributed by atoms with Crippen LogP contribution < -0.4 is 19.5 Å². The second-order valence-electron chi connectivity index (χ2n) is 7.60. The topological polar surface area (TPSA) is 82.8 Å². The van der Waals surface area contributed by atoms with Gasteiger partial charge in [0.25, 0.3) is 0 Å². The Hall–Kier alpha value is -3.48. The Morgan fingerprint density at radius 3 is 2.77 bits per heavy atom. The van der Waals surface area contributed by atoms with Gasteiger partial charge in [-0.15, -0.1) is 0 Å². The van der Waals surface area contributed by atoms with Crippen LogP contribution in [0.1, 0.15) is 23.7 Å². The largest absolute Gasteiger partial charge is 0.493 e. The Morgan fingerprint density at radius 2 is 1.97 bits per heavy atom. The Kier molecular flexibility index (Phi) is 6.11. The van der Waals surface area contributed by atoms with Gasteiger partial charge in [-0.1, -0.05) is 11.2 Å². The summed E-state index contributed by atoms with van der Waals surface area (Å²) in [7, 11) is 3.21. The van der Waals surface area contributed by atoms with Gasteiger partial charge in [0.1, 0.15) is 11.9 Å². The SMILES string of the molecule is COc1ccc(CCNC(=O)Cc2cc(-c3ccc4c(c3)CC(C)O4)on2)cc1OC. The molecule has 1 N–H and O–H groups in total. The Morgan fingerprint density at radius 1 is 1.13 bits per heavy atom. The Bertz CT molecular complexity index is 1080. The zero-order valence-corrected chi connectivity index (χ0v) is 17.9. The van der Waals surface area contributed by atoms with Crippen molar-refractivity contribution in [2.24, 2.45) is 0 Å². The monoisotopic (exact) mass is 422 g/mol. The van der Waals surface area contributed by atoms with E-state index in [4.69, 9.17) is 18.7 Å². The highest BCUT2D eigenvalue weighted by atomic mass is 16.5. The van der Waals surface area contributed by atoms with Gasteiger partial charge in [-0.25, -0.2) is 0 Å². The van der Waals surface area contributed by atoms with Crippen molar-refractivity contribution in [3.05, 3.63) is 59.3 Å². The van der Waals surface area contributed by atoms with E-state index in [-0.39, 0.29) is 18.4 Å². The number of nitrogens with zero attached hydrogens (tertiary/aromatic N) is 1. The first-order valence-electron chi connectivity index (χ1n) is 10.3. The minimum atomic E-state index is -0.100. The van der Waals surface area contributed by atoms with E-state index in [1.807, 2.05) is 36.4 Å². The molecule has 1 atom stereocenters. The molecule has 162 valence electrons. The van der Waals surface area contributed by atoms with Gasteiger partial charge in [0.15, 0.2) is 17.3 Å². The van der Waals surface area contributed by atoms with Crippen LogP contribution in [-0.4, -0.2) is 37.9 Å². The lowest BCUT2D eigenvalue weighted by molar-refractivity contribution is -0.120. The highest BCUT2D eigenvalue weighted by Crippen LogP contribution is 2.33. The average Bonchev–Trinajstić information content (AvgIpc) is 3.38. The number of benzene rings is 2. The number of carbonyl (C=O) groups excluding carboxylic acids is 1. The van der Waals surface area contributed by atoms with Crippen LogP contribution in [0.4, 0.5) is 0 Å². The summed E-state index contributed by atoms with van der Waals surface area (Å²) >= 11 is 0. The first kappa shape index (κ1) is 20.8. The van der Waals surface area contributed by atoms with Crippen LogP contribution in [0.25, 0.3) is 11.3 Å². The number of hydrogen-bond donors (Lipinski definition) is 1. The van der Waals surface area contributed by atoms with Crippen LogP contribution in [0.2, 0.25) is 0 Å². The summed E-state index contributed by atoms with van der Waals surface area (Å²) in [4.78, 5) is 12.3. The second kappa shape index (κ2) is 9.12. The molecular weight excluding hydrogens is 396 g/mol. The van der Waals surface area contributed by atoms with Gasteiger partial charge in [0, 0.05) is 24.6 Å². The summed E-state index contributed by atoms with van der Waals surface area (Å²) in [5.41, 5.74) is 3.75. The molecule has 0 saturated carbocycles. The average molecular weight is 422 g/mol. The number of hydrogen-bond acceptors (Lipinski definition) is 6. The van der Waals surface area contributed by atoms with Crippen molar-refractivity contribution in [1.82, 2.24) is 10.5 Å². The molecule has 1 aromatic heterocycles. The number of carbonyl (C=O) groups is 1. The molecule has 0 spiro atoms. The van der Waals surface area contributed by atoms with Gasteiger partial charge in [0.2, 0.25) is 5.91 Å². The van der Waals surface area contributed by atoms with Crippen LogP contribution in [0, 0.1) is 0 Å². The first-order chi connectivity index (χ1) is 15.1. The molecule has 31 heavy (non-hydrogen) atoms. The van der Waals surface area contributed by atoms with E-state index < -0.39 is 0 Å². The molecule has 1 unspecified atom stereocenters. The van der Waals surface area contributed by atoms with Gasteiger partial charge in [-0.2, -0.15) is 0 Å². The van der Waals surface area contributed by atoms with E-state index in [2.05, 4.69) is 23.5 Å². The summed E-state index contributed by atoms with van der Waals surface area (Å²) in [6.07, 6.45) is 1.93. The number of ether oxygens (including phenoxy) is 3. The van der Waals surface area contributed by atoms with Crippen molar-refractivity contribution in [3.63, 3.8) is 0 Å². The summed E-state index contributed by atoms with van der Waals surface area (Å²) < 4.78 is 21.8. The van der Waals surface area contributed by atoms with Gasteiger partial charge in [-0.3, -0.25) is 4.79 Å². The van der Waals surface area contributed by atoms with Crippen molar-refractivity contribution < 1.29 is 23.5 Å². The zero-order chi connectivity index (χ0) is 21.8. The molecule has 1 amide bonds. The normalized spacial score (nSPS) is 14.6. The zero-order valence-electron chi connectivity index (χ0n) is 17.9. The van der Waals surface area contributed by atoms with Crippen molar-refractivity contribution in [1.29, 1.82) is 0 Å². The molecule has 2 aromatic carbocycles. The molecule has 7 nitrogen and oxygen atoms in total. The van der Waals surface area contributed by atoms with Gasteiger partial charge >= 0.3 is 0 Å². The van der Waals surface area contributed by atoms with Crippen molar-refractivity contribution >= 4 is 5.91 Å². The quantitative estimate of drug-likeness (QED) is 0.597. The Balaban J connectivity index is 1.30. The van der Waals surface area contributed by atoms with E-state index in [0.29, 0.717) is 35.9 Å². The summed E-state index contributed by atoms with van der Waals surface area (Å²) in [6.45, 7) is 2.57. The molecule has 7 heteroatoms. The lowest BCUT2D eigenvalue weighted by Crippen LogP contribution is -2.27. The standard InChI is InChI=1S/C24H26N2O5/c1-15-10-18-12-17(5-7-20(18)30-15)22-13-19(26-31-22)14-24(27)25-9-8-16-4-6-21(28-2)23(11-16)29-3/h4-7,11-13,15H,8-10,14H2,1-3H3,(H,25,27). The number of fused-ring (bicyclic) bond motifs is 1. The predicted molar refractivity (Wildman–Crippen MR) is 116 cm³/mol.